The predicted molar refractivity (Wildman–Crippen MR) is 104 cm³/mol. The molecule has 4 nitrogen and oxygen atoms in total. The second kappa shape index (κ2) is 8.77. The molecule has 2 atom stereocenters. The first-order valence-electron chi connectivity index (χ1n) is 7.67. The number of carbonyl (C=O) groups is 1. The van der Waals surface area contributed by atoms with Gasteiger partial charge in [0, 0.05) is 21.1 Å². The van der Waals surface area contributed by atoms with E-state index >= 15 is 0 Å². The molecule has 0 aliphatic carbocycles. The minimum atomic E-state index is -0.467. The normalized spacial score (nSPS) is 13.2. The third-order valence-electron chi connectivity index (χ3n) is 3.74. The summed E-state index contributed by atoms with van der Waals surface area (Å²) in [5.41, 5.74) is 1.39. The Kier molecular flexibility index (Phi) is 6.96. The van der Waals surface area contributed by atoms with E-state index in [1.807, 2.05) is 13.0 Å². The maximum absolute atomic E-state index is 12.5. The quantitative estimate of drug-likeness (QED) is 0.687. The van der Waals surface area contributed by atoms with Crippen molar-refractivity contribution in [1.29, 1.82) is 0 Å². The molecular weight excluding hydrogens is 383 g/mol. The third-order valence-corrected chi connectivity index (χ3v) is 4.54. The van der Waals surface area contributed by atoms with Gasteiger partial charge in [0.1, 0.15) is 5.75 Å². The molecule has 25 heavy (non-hydrogen) atoms. The summed E-state index contributed by atoms with van der Waals surface area (Å²) >= 11 is 18.1. The minimum Gasteiger partial charge on any atom is -0.495 e. The van der Waals surface area contributed by atoms with Gasteiger partial charge >= 0.3 is 0 Å². The monoisotopic (exact) mass is 400 g/mol. The molecule has 134 valence electrons. The van der Waals surface area contributed by atoms with Crippen LogP contribution in [0.3, 0.4) is 0 Å². The largest absolute Gasteiger partial charge is 0.495 e. The lowest BCUT2D eigenvalue weighted by Crippen LogP contribution is -2.39. The molecule has 0 unspecified atom stereocenters. The summed E-state index contributed by atoms with van der Waals surface area (Å²) < 4.78 is 5.23. The molecule has 0 aliphatic heterocycles. The second-order valence-corrected chi connectivity index (χ2v) is 6.89. The molecule has 2 N–H and O–H groups in total. The van der Waals surface area contributed by atoms with E-state index in [9.17, 15) is 4.79 Å². The summed E-state index contributed by atoms with van der Waals surface area (Å²) in [6.45, 7) is 3.70. The first-order valence-corrected chi connectivity index (χ1v) is 8.80. The third kappa shape index (κ3) is 5.25. The van der Waals surface area contributed by atoms with Gasteiger partial charge in [-0.1, -0.05) is 40.9 Å². The fourth-order valence-electron chi connectivity index (χ4n) is 2.41. The molecule has 1 amide bonds. The summed E-state index contributed by atoms with van der Waals surface area (Å²) in [5, 5.41) is 7.67. The Morgan fingerprint density at radius 3 is 2.32 bits per heavy atom. The average molecular weight is 402 g/mol. The summed E-state index contributed by atoms with van der Waals surface area (Å²) in [4.78, 5) is 12.5. The SMILES string of the molecule is COc1ccc(Cl)cc1NC(=O)[C@H](C)N[C@@H](C)c1ccc(Cl)cc1Cl. The van der Waals surface area contributed by atoms with Gasteiger partial charge in [0.2, 0.25) is 5.91 Å². The Morgan fingerprint density at radius 2 is 1.68 bits per heavy atom. The Bertz CT molecular complexity index is 768. The van der Waals surface area contributed by atoms with Gasteiger partial charge in [-0.3, -0.25) is 10.1 Å². The zero-order valence-electron chi connectivity index (χ0n) is 14.1. The first kappa shape index (κ1) is 19.9. The van der Waals surface area contributed by atoms with Crippen molar-refractivity contribution < 1.29 is 9.53 Å². The Morgan fingerprint density at radius 1 is 1.04 bits per heavy atom. The number of anilines is 1. The maximum Gasteiger partial charge on any atom is 0.241 e. The van der Waals surface area contributed by atoms with Crippen LogP contribution in [-0.4, -0.2) is 19.1 Å². The van der Waals surface area contributed by atoms with E-state index in [-0.39, 0.29) is 11.9 Å². The van der Waals surface area contributed by atoms with Crippen LogP contribution >= 0.6 is 34.8 Å². The van der Waals surface area contributed by atoms with Crippen LogP contribution in [-0.2, 0) is 4.79 Å². The molecule has 0 aliphatic rings. The zero-order chi connectivity index (χ0) is 18.6. The van der Waals surface area contributed by atoms with Crippen molar-refractivity contribution in [2.24, 2.45) is 0 Å². The van der Waals surface area contributed by atoms with Crippen molar-refractivity contribution in [3.63, 3.8) is 0 Å². The molecule has 2 aromatic carbocycles. The van der Waals surface area contributed by atoms with Crippen LogP contribution in [0.5, 0.6) is 5.75 Å². The molecular formula is C18H19Cl3N2O2. The standard InChI is InChI=1S/C18H19Cl3N2O2/c1-10(14-6-4-12(19)8-15(14)21)22-11(2)18(24)23-16-9-13(20)5-7-17(16)25-3/h4-11,22H,1-3H3,(H,23,24)/t10-,11-/m0/s1. The number of hydrogen-bond donors (Lipinski definition) is 2. The fourth-order valence-corrected chi connectivity index (χ4v) is 3.16. The van der Waals surface area contributed by atoms with E-state index in [1.165, 1.54) is 7.11 Å². The van der Waals surface area contributed by atoms with Crippen LogP contribution in [0.1, 0.15) is 25.5 Å². The minimum absolute atomic E-state index is 0.133. The van der Waals surface area contributed by atoms with Gasteiger partial charge in [-0.05, 0) is 49.7 Å². The van der Waals surface area contributed by atoms with Crippen LogP contribution < -0.4 is 15.4 Å². The van der Waals surface area contributed by atoms with Gasteiger partial charge in [-0.25, -0.2) is 0 Å². The summed E-state index contributed by atoms with van der Waals surface area (Å²) in [6, 6.07) is 9.73. The topological polar surface area (TPSA) is 50.4 Å². The van der Waals surface area contributed by atoms with Crippen molar-refractivity contribution in [2.45, 2.75) is 25.9 Å². The predicted octanol–water partition coefficient (Wildman–Crippen LogP) is 5.33. The molecule has 0 heterocycles. The van der Waals surface area contributed by atoms with Crippen LogP contribution in [0, 0.1) is 0 Å². The van der Waals surface area contributed by atoms with Gasteiger partial charge < -0.3 is 10.1 Å². The fraction of sp³-hybridized carbons (Fsp3) is 0.278. The molecule has 0 saturated heterocycles. The molecule has 0 fully saturated rings. The Balaban J connectivity index is 2.06. The van der Waals surface area contributed by atoms with E-state index in [1.54, 1.807) is 37.3 Å². The van der Waals surface area contributed by atoms with Crippen LogP contribution in [0.15, 0.2) is 36.4 Å². The van der Waals surface area contributed by atoms with Gasteiger partial charge in [0.15, 0.2) is 0 Å². The highest BCUT2D eigenvalue weighted by molar-refractivity contribution is 6.35. The van der Waals surface area contributed by atoms with Crippen LogP contribution in [0.25, 0.3) is 0 Å². The molecule has 0 aromatic heterocycles. The number of halogens is 3. The lowest BCUT2D eigenvalue weighted by Gasteiger charge is -2.21. The van der Waals surface area contributed by atoms with Crippen molar-refractivity contribution >= 4 is 46.4 Å². The molecule has 0 saturated carbocycles. The summed E-state index contributed by atoms with van der Waals surface area (Å²) in [5.74, 6) is 0.330. The lowest BCUT2D eigenvalue weighted by molar-refractivity contribution is -0.117. The van der Waals surface area contributed by atoms with E-state index in [0.717, 1.165) is 5.56 Å². The highest BCUT2D eigenvalue weighted by atomic mass is 35.5. The van der Waals surface area contributed by atoms with E-state index < -0.39 is 6.04 Å². The van der Waals surface area contributed by atoms with Crippen molar-refractivity contribution in [3.8, 4) is 5.75 Å². The van der Waals surface area contributed by atoms with Gasteiger partial charge in [0.25, 0.3) is 0 Å². The Labute approximate surface area is 162 Å². The number of methoxy groups -OCH3 is 1. The number of benzene rings is 2. The number of nitrogens with one attached hydrogen (secondary N) is 2. The lowest BCUT2D eigenvalue weighted by atomic mass is 10.1. The number of amides is 1. The number of hydrogen-bond acceptors (Lipinski definition) is 3. The second-order valence-electron chi connectivity index (χ2n) is 5.61. The van der Waals surface area contributed by atoms with E-state index in [4.69, 9.17) is 39.5 Å². The Hall–Kier alpha value is -1.46. The van der Waals surface area contributed by atoms with Crippen LogP contribution in [0.4, 0.5) is 5.69 Å². The molecule has 2 aromatic rings. The molecule has 7 heteroatoms. The van der Waals surface area contributed by atoms with E-state index in [2.05, 4.69) is 10.6 Å². The number of ether oxygens (including phenoxy) is 1. The first-order chi connectivity index (χ1) is 11.8. The highest BCUT2D eigenvalue weighted by Crippen LogP contribution is 2.28. The zero-order valence-corrected chi connectivity index (χ0v) is 16.3. The molecule has 0 radical (unpaired) electrons. The van der Waals surface area contributed by atoms with Crippen LogP contribution in [0.2, 0.25) is 15.1 Å². The van der Waals surface area contributed by atoms with Crippen molar-refractivity contribution in [1.82, 2.24) is 5.32 Å². The smallest absolute Gasteiger partial charge is 0.241 e. The maximum atomic E-state index is 12.5. The summed E-state index contributed by atoms with van der Waals surface area (Å²) in [7, 11) is 1.53. The summed E-state index contributed by atoms with van der Waals surface area (Å²) in [6.07, 6.45) is 0. The average Bonchev–Trinajstić information content (AvgIpc) is 2.54. The van der Waals surface area contributed by atoms with Gasteiger partial charge in [0.05, 0.1) is 18.8 Å². The molecule has 0 spiro atoms. The highest BCUT2D eigenvalue weighted by Gasteiger charge is 2.19. The van der Waals surface area contributed by atoms with Gasteiger partial charge in [-0.15, -0.1) is 0 Å². The molecule has 2 rings (SSSR count). The van der Waals surface area contributed by atoms with Gasteiger partial charge in [-0.2, -0.15) is 0 Å². The van der Waals surface area contributed by atoms with E-state index in [0.29, 0.717) is 26.5 Å². The van der Waals surface area contributed by atoms with Crippen molar-refractivity contribution in [2.75, 3.05) is 12.4 Å². The number of carbonyl (C=O) groups excluding carboxylic acids is 1. The van der Waals surface area contributed by atoms with Crippen molar-refractivity contribution in [3.05, 3.63) is 57.0 Å². The molecule has 0 bridgehead atoms. The number of rotatable bonds is 6.